The van der Waals surface area contributed by atoms with Crippen LogP contribution >= 0.6 is 0 Å². The highest BCUT2D eigenvalue weighted by molar-refractivity contribution is 5.37. The van der Waals surface area contributed by atoms with Crippen molar-refractivity contribution in [3.63, 3.8) is 0 Å². The summed E-state index contributed by atoms with van der Waals surface area (Å²) >= 11 is 0. The molecule has 1 aromatic heterocycles. The third kappa shape index (κ3) is 3.08. The first-order chi connectivity index (χ1) is 9.11. The van der Waals surface area contributed by atoms with Crippen molar-refractivity contribution >= 4 is 5.69 Å². The maximum atomic E-state index is 5.22. The van der Waals surface area contributed by atoms with E-state index in [2.05, 4.69) is 29.2 Å². The highest BCUT2D eigenvalue weighted by atomic mass is 16.5. The van der Waals surface area contributed by atoms with Crippen LogP contribution in [0.1, 0.15) is 42.5 Å². The fourth-order valence-electron chi connectivity index (χ4n) is 2.04. The van der Waals surface area contributed by atoms with Crippen LogP contribution in [0, 0.1) is 13.8 Å². The molecule has 0 bridgehead atoms. The summed E-state index contributed by atoms with van der Waals surface area (Å²) in [7, 11) is 0. The molecule has 4 nitrogen and oxygen atoms in total. The molecule has 0 saturated heterocycles. The molecule has 0 N–H and O–H groups in total. The lowest BCUT2D eigenvalue weighted by atomic mass is 10.1. The lowest BCUT2D eigenvalue weighted by Gasteiger charge is -2.04. The molecule has 0 saturated carbocycles. The monoisotopic (exact) mass is 257 g/mol. The Morgan fingerprint density at radius 2 is 1.89 bits per heavy atom. The Balaban J connectivity index is 2.18. The molecule has 1 atom stereocenters. The zero-order valence-electron chi connectivity index (χ0n) is 11.8. The van der Waals surface area contributed by atoms with Gasteiger partial charge in [-0.3, -0.25) is 0 Å². The van der Waals surface area contributed by atoms with E-state index < -0.39 is 0 Å². The van der Waals surface area contributed by atoms with Crippen LogP contribution < -0.4 is 0 Å². The minimum atomic E-state index is -0.0393. The number of azo groups is 1. The second kappa shape index (κ2) is 5.78. The van der Waals surface area contributed by atoms with Crippen molar-refractivity contribution in [2.45, 2.75) is 40.2 Å². The smallest absolute Gasteiger partial charge is 0.139 e. The van der Waals surface area contributed by atoms with E-state index in [1.54, 1.807) is 0 Å². The third-order valence-electron chi connectivity index (χ3n) is 3.12. The normalized spacial score (nSPS) is 13.1. The van der Waals surface area contributed by atoms with Gasteiger partial charge in [-0.2, -0.15) is 10.2 Å². The summed E-state index contributed by atoms with van der Waals surface area (Å²) in [6, 6.07) is 7.95. The molecule has 0 spiro atoms. The first-order valence-corrected chi connectivity index (χ1v) is 6.54. The van der Waals surface area contributed by atoms with Crippen LogP contribution in [0.3, 0.4) is 0 Å². The van der Waals surface area contributed by atoms with Gasteiger partial charge in [-0.1, -0.05) is 29.8 Å². The van der Waals surface area contributed by atoms with E-state index in [9.17, 15) is 0 Å². The molecule has 0 radical (unpaired) electrons. The van der Waals surface area contributed by atoms with Crippen molar-refractivity contribution in [3.8, 4) is 0 Å². The van der Waals surface area contributed by atoms with Crippen LogP contribution in [0.2, 0.25) is 0 Å². The fourth-order valence-corrected chi connectivity index (χ4v) is 2.04. The summed E-state index contributed by atoms with van der Waals surface area (Å²) in [4.78, 5) is 0. The summed E-state index contributed by atoms with van der Waals surface area (Å²) in [6.45, 7) is 8.04. The van der Waals surface area contributed by atoms with Gasteiger partial charge in [0.2, 0.25) is 0 Å². The molecule has 1 unspecified atom stereocenters. The van der Waals surface area contributed by atoms with E-state index in [1.807, 2.05) is 38.1 Å². The van der Waals surface area contributed by atoms with Gasteiger partial charge in [0.05, 0.1) is 17.4 Å². The number of aromatic nitrogens is 1. The quantitative estimate of drug-likeness (QED) is 0.745. The van der Waals surface area contributed by atoms with E-state index in [0.29, 0.717) is 0 Å². The second-order valence-electron chi connectivity index (χ2n) is 4.68. The molecule has 1 heterocycles. The van der Waals surface area contributed by atoms with E-state index in [0.717, 1.165) is 29.1 Å². The molecule has 0 amide bonds. The zero-order valence-corrected chi connectivity index (χ0v) is 11.8. The predicted octanol–water partition coefficient (Wildman–Crippen LogP) is 4.70. The van der Waals surface area contributed by atoms with E-state index in [1.165, 1.54) is 5.56 Å². The Bertz CT molecular complexity index is 570. The van der Waals surface area contributed by atoms with Crippen LogP contribution in [0.25, 0.3) is 0 Å². The van der Waals surface area contributed by atoms with E-state index >= 15 is 0 Å². The molecule has 0 aliphatic heterocycles. The summed E-state index contributed by atoms with van der Waals surface area (Å²) in [5.41, 5.74) is 4.10. The van der Waals surface area contributed by atoms with Gasteiger partial charge in [0, 0.05) is 5.56 Å². The largest absolute Gasteiger partial charge is 0.361 e. The summed E-state index contributed by atoms with van der Waals surface area (Å²) in [6.07, 6.45) is 0.844. The van der Waals surface area contributed by atoms with Crippen molar-refractivity contribution in [3.05, 3.63) is 46.8 Å². The minimum Gasteiger partial charge on any atom is -0.361 e. The molecule has 100 valence electrons. The number of hydrogen-bond donors (Lipinski definition) is 0. The number of rotatable bonds is 4. The Morgan fingerprint density at radius 3 is 2.53 bits per heavy atom. The minimum absolute atomic E-state index is 0.0393. The SMILES string of the molecule is CCc1noc(C)c1C(C)N=Nc1ccc(C)cc1. The molecule has 4 heteroatoms. The van der Waals surface area contributed by atoms with Crippen molar-refractivity contribution < 1.29 is 4.52 Å². The molecule has 19 heavy (non-hydrogen) atoms. The molecular weight excluding hydrogens is 238 g/mol. The average molecular weight is 257 g/mol. The van der Waals surface area contributed by atoms with Crippen LogP contribution in [0.4, 0.5) is 5.69 Å². The van der Waals surface area contributed by atoms with Gasteiger partial charge in [-0.15, -0.1) is 0 Å². The number of hydrogen-bond acceptors (Lipinski definition) is 4. The zero-order chi connectivity index (χ0) is 13.8. The third-order valence-corrected chi connectivity index (χ3v) is 3.12. The van der Waals surface area contributed by atoms with Gasteiger partial charge in [0.1, 0.15) is 5.76 Å². The number of nitrogens with zero attached hydrogens (tertiary/aromatic N) is 3. The lowest BCUT2D eigenvalue weighted by Crippen LogP contribution is -1.95. The van der Waals surface area contributed by atoms with Crippen LogP contribution in [-0.2, 0) is 6.42 Å². The van der Waals surface area contributed by atoms with Crippen molar-refractivity contribution in [2.75, 3.05) is 0 Å². The Morgan fingerprint density at radius 1 is 1.21 bits per heavy atom. The molecule has 0 fully saturated rings. The molecule has 0 aliphatic rings. The van der Waals surface area contributed by atoms with Gasteiger partial charge in [-0.05, 0) is 39.3 Å². The Labute approximate surface area is 113 Å². The molecule has 0 aliphatic carbocycles. The van der Waals surface area contributed by atoms with Gasteiger partial charge in [-0.25, -0.2) is 0 Å². The summed E-state index contributed by atoms with van der Waals surface area (Å²) in [5.74, 6) is 0.826. The Kier molecular flexibility index (Phi) is 4.10. The highest BCUT2D eigenvalue weighted by Gasteiger charge is 2.17. The summed E-state index contributed by atoms with van der Waals surface area (Å²) < 4.78 is 5.22. The van der Waals surface area contributed by atoms with Crippen molar-refractivity contribution in [1.29, 1.82) is 0 Å². The van der Waals surface area contributed by atoms with Gasteiger partial charge >= 0.3 is 0 Å². The van der Waals surface area contributed by atoms with Gasteiger partial charge in [0.25, 0.3) is 0 Å². The van der Waals surface area contributed by atoms with E-state index in [-0.39, 0.29) is 6.04 Å². The van der Waals surface area contributed by atoms with Gasteiger partial charge in [0.15, 0.2) is 0 Å². The molecular formula is C15H19N3O. The fraction of sp³-hybridized carbons (Fsp3) is 0.400. The number of aryl methyl sites for hydroxylation is 3. The van der Waals surface area contributed by atoms with Crippen LogP contribution in [-0.4, -0.2) is 5.16 Å². The van der Waals surface area contributed by atoms with Gasteiger partial charge < -0.3 is 4.52 Å². The first-order valence-electron chi connectivity index (χ1n) is 6.54. The predicted molar refractivity (Wildman–Crippen MR) is 74.7 cm³/mol. The summed E-state index contributed by atoms with van der Waals surface area (Å²) in [5, 5.41) is 12.7. The molecule has 2 aromatic rings. The highest BCUT2D eigenvalue weighted by Crippen LogP contribution is 2.26. The van der Waals surface area contributed by atoms with Crippen LogP contribution in [0.5, 0.6) is 0 Å². The maximum Gasteiger partial charge on any atom is 0.139 e. The van der Waals surface area contributed by atoms with E-state index in [4.69, 9.17) is 4.52 Å². The second-order valence-corrected chi connectivity index (χ2v) is 4.68. The maximum absolute atomic E-state index is 5.22. The van der Waals surface area contributed by atoms with Crippen molar-refractivity contribution in [2.24, 2.45) is 10.2 Å². The van der Waals surface area contributed by atoms with Crippen LogP contribution in [0.15, 0.2) is 39.0 Å². The molecule has 2 rings (SSSR count). The topological polar surface area (TPSA) is 50.8 Å². The molecule has 1 aromatic carbocycles. The van der Waals surface area contributed by atoms with Crippen molar-refractivity contribution in [1.82, 2.24) is 5.16 Å². The Hall–Kier alpha value is -1.97. The standard InChI is InChI=1S/C15H19N3O/c1-5-14-15(12(4)19-18-14)11(3)16-17-13-8-6-10(2)7-9-13/h6-9,11H,5H2,1-4H3. The lowest BCUT2D eigenvalue weighted by molar-refractivity contribution is 0.389. The first kappa shape index (κ1) is 13.5. The number of benzene rings is 1. The average Bonchev–Trinajstić information content (AvgIpc) is 2.79.